The van der Waals surface area contributed by atoms with Gasteiger partial charge in [-0.15, -0.1) is 0 Å². The molecule has 0 aliphatic carbocycles. The largest absolute Gasteiger partial charge is 0.508 e. The number of phenolic OH excluding ortho intramolecular Hbond substituents is 1. The number of benzene rings is 2. The molecule has 7 heteroatoms. The van der Waals surface area contributed by atoms with E-state index in [0.717, 1.165) is 6.08 Å². The molecule has 0 fully saturated rings. The summed E-state index contributed by atoms with van der Waals surface area (Å²) in [6.07, 6.45) is 4.07. The molecule has 2 aromatic carbocycles. The SMILES string of the molecule is O=C(C=Cc1ccc(C(=O)NN=Cc2cccc(O)c2)cc1)NO. The van der Waals surface area contributed by atoms with Crippen molar-refractivity contribution in [3.05, 3.63) is 71.3 Å². The molecule has 0 aliphatic heterocycles. The molecule has 4 N–H and O–H groups in total. The van der Waals surface area contributed by atoms with Gasteiger partial charge in [-0.3, -0.25) is 14.8 Å². The van der Waals surface area contributed by atoms with E-state index in [1.54, 1.807) is 36.4 Å². The maximum Gasteiger partial charge on any atom is 0.271 e. The molecule has 0 aromatic heterocycles. The highest BCUT2D eigenvalue weighted by molar-refractivity contribution is 5.95. The van der Waals surface area contributed by atoms with Gasteiger partial charge in [0.1, 0.15) is 5.75 Å². The Labute approximate surface area is 137 Å². The molecule has 0 saturated heterocycles. The molecule has 2 aromatic rings. The third-order valence-corrected chi connectivity index (χ3v) is 2.96. The maximum absolute atomic E-state index is 11.9. The van der Waals surface area contributed by atoms with Crippen molar-refractivity contribution in [3.8, 4) is 5.75 Å². The maximum atomic E-state index is 11.9. The van der Waals surface area contributed by atoms with Crippen LogP contribution in [0, 0.1) is 0 Å². The van der Waals surface area contributed by atoms with Crippen molar-refractivity contribution >= 4 is 24.1 Å². The molecule has 2 amide bonds. The number of hydrazone groups is 1. The van der Waals surface area contributed by atoms with E-state index in [4.69, 9.17) is 5.21 Å². The summed E-state index contributed by atoms with van der Waals surface area (Å²) >= 11 is 0. The first kappa shape index (κ1) is 16.9. The Balaban J connectivity index is 1.95. The summed E-state index contributed by atoms with van der Waals surface area (Å²) in [4.78, 5) is 22.8. The van der Waals surface area contributed by atoms with Crippen LogP contribution in [0.25, 0.3) is 6.08 Å². The molecule has 0 heterocycles. The van der Waals surface area contributed by atoms with Crippen LogP contribution in [0.4, 0.5) is 0 Å². The normalized spacial score (nSPS) is 10.9. The summed E-state index contributed by atoms with van der Waals surface area (Å²) in [7, 11) is 0. The summed E-state index contributed by atoms with van der Waals surface area (Å²) in [5, 5.41) is 21.5. The topological polar surface area (TPSA) is 111 Å². The molecule has 0 saturated carbocycles. The Hall–Kier alpha value is -3.45. The van der Waals surface area contributed by atoms with E-state index in [1.807, 2.05) is 0 Å². The number of rotatable bonds is 5. The second-order valence-corrected chi connectivity index (χ2v) is 4.73. The Kier molecular flexibility index (Phi) is 5.82. The minimum atomic E-state index is -0.641. The fraction of sp³-hybridized carbons (Fsp3) is 0. The monoisotopic (exact) mass is 325 g/mol. The summed E-state index contributed by atoms with van der Waals surface area (Å²) in [6.45, 7) is 0. The van der Waals surface area contributed by atoms with Crippen molar-refractivity contribution in [2.45, 2.75) is 0 Å². The van der Waals surface area contributed by atoms with Gasteiger partial charge in [0.25, 0.3) is 11.8 Å². The van der Waals surface area contributed by atoms with Crippen LogP contribution in [0.3, 0.4) is 0 Å². The molecular formula is C17H15N3O4. The standard InChI is InChI=1S/C17H15N3O4/c21-15-3-1-2-13(10-15)11-18-19-17(23)14-7-4-12(5-8-14)6-9-16(22)20-24/h1-11,21,24H,(H,19,23)(H,20,22). The van der Waals surface area contributed by atoms with Crippen LogP contribution in [0.5, 0.6) is 5.75 Å². The third-order valence-electron chi connectivity index (χ3n) is 2.96. The van der Waals surface area contributed by atoms with Crippen molar-refractivity contribution in [2.75, 3.05) is 0 Å². The van der Waals surface area contributed by atoms with Gasteiger partial charge < -0.3 is 5.11 Å². The number of phenols is 1. The van der Waals surface area contributed by atoms with Crippen molar-refractivity contribution in [1.29, 1.82) is 0 Å². The molecule has 7 nitrogen and oxygen atoms in total. The zero-order valence-corrected chi connectivity index (χ0v) is 12.5. The lowest BCUT2D eigenvalue weighted by atomic mass is 10.1. The molecule has 0 atom stereocenters. The molecule has 2 rings (SSSR count). The molecule has 0 radical (unpaired) electrons. The van der Waals surface area contributed by atoms with Crippen molar-refractivity contribution < 1.29 is 19.9 Å². The number of amides is 2. The van der Waals surface area contributed by atoms with E-state index in [2.05, 4.69) is 10.5 Å². The molecule has 0 bridgehead atoms. The summed E-state index contributed by atoms with van der Waals surface area (Å²) in [5.41, 5.74) is 5.60. The fourth-order valence-electron chi connectivity index (χ4n) is 1.79. The number of aromatic hydroxyl groups is 1. The minimum Gasteiger partial charge on any atom is -0.508 e. The van der Waals surface area contributed by atoms with Gasteiger partial charge in [-0.2, -0.15) is 5.10 Å². The molecule has 0 unspecified atom stereocenters. The van der Waals surface area contributed by atoms with Gasteiger partial charge in [-0.05, 0) is 41.5 Å². The van der Waals surface area contributed by atoms with E-state index in [-0.39, 0.29) is 5.75 Å². The van der Waals surface area contributed by atoms with Gasteiger partial charge in [0.2, 0.25) is 0 Å². The van der Waals surface area contributed by atoms with Crippen LogP contribution >= 0.6 is 0 Å². The number of nitrogens with one attached hydrogen (secondary N) is 2. The Morgan fingerprint density at radius 3 is 2.46 bits per heavy atom. The van der Waals surface area contributed by atoms with Crippen molar-refractivity contribution in [2.24, 2.45) is 5.10 Å². The van der Waals surface area contributed by atoms with Crippen molar-refractivity contribution in [1.82, 2.24) is 10.9 Å². The highest BCUT2D eigenvalue weighted by atomic mass is 16.5. The van der Waals surface area contributed by atoms with Crippen LogP contribution in [0.1, 0.15) is 21.5 Å². The minimum absolute atomic E-state index is 0.115. The molecule has 24 heavy (non-hydrogen) atoms. The van der Waals surface area contributed by atoms with Gasteiger partial charge in [0, 0.05) is 11.6 Å². The number of hydrogen-bond donors (Lipinski definition) is 4. The average molecular weight is 325 g/mol. The lowest BCUT2D eigenvalue weighted by Gasteiger charge is -2.01. The lowest BCUT2D eigenvalue weighted by molar-refractivity contribution is -0.124. The van der Waals surface area contributed by atoms with Crippen LogP contribution in [0.15, 0.2) is 59.7 Å². The van der Waals surface area contributed by atoms with Gasteiger partial charge in [0.15, 0.2) is 0 Å². The third kappa shape index (κ3) is 5.08. The first-order valence-electron chi connectivity index (χ1n) is 6.93. The molecule has 0 aliphatic rings. The van der Waals surface area contributed by atoms with Gasteiger partial charge in [0.05, 0.1) is 6.21 Å². The van der Waals surface area contributed by atoms with E-state index in [0.29, 0.717) is 16.7 Å². The second kappa shape index (κ2) is 8.25. The summed E-state index contributed by atoms with van der Waals surface area (Å²) in [6, 6.07) is 12.9. The predicted molar refractivity (Wildman–Crippen MR) is 88.6 cm³/mol. The molecule has 0 spiro atoms. The summed E-state index contributed by atoms with van der Waals surface area (Å²) < 4.78 is 0. The average Bonchev–Trinajstić information content (AvgIpc) is 2.60. The van der Waals surface area contributed by atoms with E-state index in [9.17, 15) is 14.7 Å². The highest BCUT2D eigenvalue weighted by Gasteiger charge is 2.03. The zero-order valence-electron chi connectivity index (χ0n) is 12.5. The Morgan fingerprint density at radius 2 is 1.79 bits per heavy atom. The lowest BCUT2D eigenvalue weighted by Crippen LogP contribution is -2.17. The highest BCUT2D eigenvalue weighted by Crippen LogP contribution is 2.09. The second-order valence-electron chi connectivity index (χ2n) is 4.73. The first-order chi connectivity index (χ1) is 11.6. The van der Waals surface area contributed by atoms with E-state index in [1.165, 1.54) is 29.9 Å². The van der Waals surface area contributed by atoms with E-state index < -0.39 is 11.8 Å². The number of carbonyl (C=O) groups is 2. The van der Waals surface area contributed by atoms with Crippen LogP contribution in [-0.4, -0.2) is 28.3 Å². The van der Waals surface area contributed by atoms with Crippen molar-refractivity contribution in [3.63, 3.8) is 0 Å². The molecule has 122 valence electrons. The predicted octanol–water partition coefficient (Wildman–Crippen LogP) is 1.67. The smallest absolute Gasteiger partial charge is 0.271 e. The van der Waals surface area contributed by atoms with Crippen LogP contribution in [-0.2, 0) is 4.79 Å². The number of hydroxylamine groups is 1. The molecular weight excluding hydrogens is 310 g/mol. The Morgan fingerprint density at radius 1 is 1.04 bits per heavy atom. The van der Waals surface area contributed by atoms with E-state index >= 15 is 0 Å². The summed E-state index contributed by atoms with van der Waals surface area (Å²) in [5.74, 6) is -0.920. The zero-order chi connectivity index (χ0) is 17.4. The fourth-order valence-corrected chi connectivity index (χ4v) is 1.79. The van der Waals surface area contributed by atoms with Gasteiger partial charge in [-0.1, -0.05) is 24.3 Å². The number of nitrogens with zero attached hydrogens (tertiary/aromatic N) is 1. The van der Waals surface area contributed by atoms with Gasteiger partial charge >= 0.3 is 0 Å². The van der Waals surface area contributed by atoms with Gasteiger partial charge in [-0.25, -0.2) is 10.9 Å². The van der Waals surface area contributed by atoms with Crippen LogP contribution < -0.4 is 10.9 Å². The number of hydrogen-bond acceptors (Lipinski definition) is 5. The Bertz CT molecular complexity index is 783. The quantitative estimate of drug-likeness (QED) is 0.290. The number of carbonyl (C=O) groups excluding carboxylic acids is 2. The van der Waals surface area contributed by atoms with Crippen LogP contribution in [0.2, 0.25) is 0 Å². The first-order valence-corrected chi connectivity index (χ1v) is 6.93.